The average molecular weight is 337 g/mol. The highest BCUT2D eigenvalue weighted by atomic mass is 16.1. The van der Waals surface area contributed by atoms with Crippen molar-refractivity contribution in [3.63, 3.8) is 0 Å². The second kappa shape index (κ2) is 8.99. The smallest absolute Gasteiger partial charge is 0.170 e. The Bertz CT molecular complexity index is 632. The third-order valence-electron chi connectivity index (χ3n) is 6.24. The van der Waals surface area contributed by atoms with E-state index in [4.69, 9.17) is 0 Å². The standard InChI is InChI=1S/C24H32O/c1-5-21(24(6-2,7-3)8-4)22(19-15-11-9-12-16-19)23(25)20-17-13-10-14-18-20/h9-18,21-22H,5-8H2,1-4H3. The number of benzene rings is 2. The lowest BCUT2D eigenvalue weighted by molar-refractivity contribution is 0.0726. The number of ketones is 1. The van der Waals surface area contributed by atoms with E-state index in [2.05, 4.69) is 52.0 Å². The summed E-state index contributed by atoms with van der Waals surface area (Å²) in [5.41, 5.74) is 2.19. The average Bonchev–Trinajstić information content (AvgIpc) is 2.69. The third-order valence-corrected chi connectivity index (χ3v) is 6.24. The molecule has 0 aliphatic rings. The van der Waals surface area contributed by atoms with Crippen LogP contribution in [0.15, 0.2) is 60.7 Å². The minimum Gasteiger partial charge on any atom is -0.293 e. The molecule has 134 valence electrons. The number of carbonyl (C=O) groups excluding carboxylic acids is 1. The van der Waals surface area contributed by atoms with Gasteiger partial charge < -0.3 is 0 Å². The minimum atomic E-state index is -0.0755. The summed E-state index contributed by atoms with van der Waals surface area (Å²) in [5.74, 6) is 0.537. The van der Waals surface area contributed by atoms with Gasteiger partial charge in [-0.05, 0) is 16.9 Å². The number of hydrogen-bond donors (Lipinski definition) is 0. The molecule has 2 rings (SSSR count). The fourth-order valence-corrected chi connectivity index (χ4v) is 4.57. The topological polar surface area (TPSA) is 17.1 Å². The van der Waals surface area contributed by atoms with E-state index in [0.717, 1.165) is 36.8 Å². The highest BCUT2D eigenvalue weighted by Gasteiger charge is 2.41. The van der Waals surface area contributed by atoms with Gasteiger partial charge in [0.2, 0.25) is 0 Å². The quantitative estimate of drug-likeness (QED) is 0.455. The van der Waals surface area contributed by atoms with Gasteiger partial charge in [-0.2, -0.15) is 0 Å². The SMILES string of the molecule is CCC(C(C(=O)c1ccccc1)c1ccccc1)C(CC)(CC)CC. The molecule has 0 heterocycles. The van der Waals surface area contributed by atoms with Gasteiger partial charge in [0.1, 0.15) is 0 Å². The Morgan fingerprint density at radius 1 is 0.800 bits per heavy atom. The summed E-state index contributed by atoms with van der Waals surface area (Å²) in [6, 6.07) is 20.2. The largest absolute Gasteiger partial charge is 0.293 e. The van der Waals surface area contributed by atoms with Crippen molar-refractivity contribution < 1.29 is 4.79 Å². The Labute approximate surface area is 153 Å². The van der Waals surface area contributed by atoms with Gasteiger partial charge in [-0.15, -0.1) is 0 Å². The van der Waals surface area contributed by atoms with Crippen molar-refractivity contribution in [3.8, 4) is 0 Å². The van der Waals surface area contributed by atoms with E-state index in [9.17, 15) is 4.79 Å². The zero-order valence-corrected chi connectivity index (χ0v) is 16.2. The van der Waals surface area contributed by atoms with E-state index in [0.29, 0.717) is 5.92 Å². The summed E-state index contributed by atoms with van der Waals surface area (Å²) in [6.07, 6.45) is 4.37. The van der Waals surface area contributed by atoms with Crippen LogP contribution in [-0.2, 0) is 0 Å². The molecule has 0 aliphatic carbocycles. The first kappa shape index (κ1) is 19.4. The number of hydrogen-bond acceptors (Lipinski definition) is 1. The fraction of sp³-hybridized carbons (Fsp3) is 0.458. The first-order valence-corrected chi connectivity index (χ1v) is 9.77. The van der Waals surface area contributed by atoms with Crippen molar-refractivity contribution in [3.05, 3.63) is 71.8 Å². The Morgan fingerprint density at radius 3 is 1.72 bits per heavy atom. The minimum absolute atomic E-state index is 0.0755. The maximum Gasteiger partial charge on any atom is 0.170 e. The first-order chi connectivity index (χ1) is 12.1. The van der Waals surface area contributed by atoms with E-state index >= 15 is 0 Å². The predicted molar refractivity (Wildman–Crippen MR) is 107 cm³/mol. The third kappa shape index (κ3) is 4.03. The van der Waals surface area contributed by atoms with Gasteiger partial charge in [-0.3, -0.25) is 4.79 Å². The number of Topliss-reactive ketones (excluding diaryl/α,β-unsaturated/α-hetero) is 1. The molecule has 0 aliphatic heterocycles. The molecule has 0 spiro atoms. The molecule has 0 radical (unpaired) electrons. The maximum atomic E-state index is 13.5. The highest BCUT2D eigenvalue weighted by Crippen LogP contribution is 2.48. The monoisotopic (exact) mass is 336 g/mol. The van der Waals surface area contributed by atoms with Crippen LogP contribution in [0.5, 0.6) is 0 Å². The van der Waals surface area contributed by atoms with Crippen LogP contribution in [0.25, 0.3) is 0 Å². The molecule has 2 aromatic rings. The molecule has 0 fully saturated rings. The van der Waals surface area contributed by atoms with E-state index in [1.807, 2.05) is 36.4 Å². The summed E-state index contributed by atoms with van der Waals surface area (Å²) in [6.45, 7) is 9.09. The Kier molecular flexibility index (Phi) is 6.99. The van der Waals surface area contributed by atoms with E-state index in [-0.39, 0.29) is 17.1 Å². The molecular formula is C24H32O. The lowest BCUT2D eigenvalue weighted by Gasteiger charge is -2.43. The van der Waals surface area contributed by atoms with E-state index in [1.165, 1.54) is 0 Å². The van der Waals surface area contributed by atoms with Gasteiger partial charge in [0.05, 0.1) is 5.92 Å². The molecule has 2 aromatic carbocycles. The number of rotatable bonds is 9. The second-order valence-corrected chi connectivity index (χ2v) is 7.06. The molecule has 0 aromatic heterocycles. The van der Waals surface area contributed by atoms with E-state index < -0.39 is 0 Å². The summed E-state index contributed by atoms with van der Waals surface area (Å²) in [7, 11) is 0. The Balaban J connectivity index is 2.56. The summed E-state index contributed by atoms with van der Waals surface area (Å²) >= 11 is 0. The molecule has 1 nitrogen and oxygen atoms in total. The van der Waals surface area contributed by atoms with Gasteiger partial charge in [0.15, 0.2) is 5.78 Å². The lowest BCUT2D eigenvalue weighted by Crippen LogP contribution is -2.36. The van der Waals surface area contributed by atoms with Crippen LogP contribution in [-0.4, -0.2) is 5.78 Å². The van der Waals surface area contributed by atoms with Crippen molar-refractivity contribution in [2.24, 2.45) is 11.3 Å². The molecule has 0 saturated heterocycles. The molecule has 2 unspecified atom stereocenters. The normalized spacial score (nSPS) is 14.1. The Morgan fingerprint density at radius 2 is 1.28 bits per heavy atom. The van der Waals surface area contributed by atoms with Crippen LogP contribution in [0.1, 0.15) is 75.2 Å². The summed E-state index contributed by atoms with van der Waals surface area (Å²) in [5, 5.41) is 0. The zero-order valence-electron chi connectivity index (χ0n) is 16.2. The molecule has 2 atom stereocenters. The number of carbonyl (C=O) groups is 1. The molecule has 0 N–H and O–H groups in total. The van der Waals surface area contributed by atoms with Gasteiger partial charge in [0, 0.05) is 5.56 Å². The van der Waals surface area contributed by atoms with Crippen molar-refractivity contribution in [1.82, 2.24) is 0 Å². The van der Waals surface area contributed by atoms with Crippen molar-refractivity contribution in [1.29, 1.82) is 0 Å². The van der Waals surface area contributed by atoms with Crippen LogP contribution in [0.4, 0.5) is 0 Å². The van der Waals surface area contributed by atoms with Crippen LogP contribution in [0.2, 0.25) is 0 Å². The molecular weight excluding hydrogens is 304 g/mol. The molecule has 0 bridgehead atoms. The predicted octanol–water partition coefficient (Wildman–Crippen LogP) is 6.90. The van der Waals surface area contributed by atoms with Crippen LogP contribution in [0.3, 0.4) is 0 Å². The van der Waals surface area contributed by atoms with Crippen LogP contribution < -0.4 is 0 Å². The van der Waals surface area contributed by atoms with Crippen LogP contribution >= 0.6 is 0 Å². The zero-order chi connectivity index (χ0) is 18.3. The molecule has 0 amide bonds. The molecule has 25 heavy (non-hydrogen) atoms. The first-order valence-electron chi connectivity index (χ1n) is 9.77. The van der Waals surface area contributed by atoms with Gasteiger partial charge in [-0.1, -0.05) is 114 Å². The van der Waals surface area contributed by atoms with Gasteiger partial charge in [0.25, 0.3) is 0 Å². The second-order valence-electron chi connectivity index (χ2n) is 7.06. The van der Waals surface area contributed by atoms with Crippen molar-refractivity contribution in [2.45, 2.75) is 59.3 Å². The van der Waals surface area contributed by atoms with Gasteiger partial charge >= 0.3 is 0 Å². The fourth-order valence-electron chi connectivity index (χ4n) is 4.57. The summed E-state index contributed by atoms with van der Waals surface area (Å²) < 4.78 is 0. The molecule has 1 heteroatoms. The van der Waals surface area contributed by atoms with Crippen molar-refractivity contribution >= 4 is 5.78 Å². The lowest BCUT2D eigenvalue weighted by atomic mass is 9.61. The Hall–Kier alpha value is -1.89. The van der Waals surface area contributed by atoms with Crippen LogP contribution in [0, 0.1) is 11.3 Å². The van der Waals surface area contributed by atoms with Crippen molar-refractivity contribution in [2.75, 3.05) is 0 Å². The van der Waals surface area contributed by atoms with Gasteiger partial charge in [-0.25, -0.2) is 0 Å². The summed E-state index contributed by atoms with van der Waals surface area (Å²) in [4.78, 5) is 13.5. The molecule has 0 saturated carbocycles. The maximum absolute atomic E-state index is 13.5. The van der Waals surface area contributed by atoms with E-state index in [1.54, 1.807) is 0 Å². The highest BCUT2D eigenvalue weighted by molar-refractivity contribution is 6.01.